The summed E-state index contributed by atoms with van der Waals surface area (Å²) in [4.78, 5) is 24.1. The van der Waals surface area contributed by atoms with Crippen LogP contribution in [0.4, 0.5) is 0 Å². The van der Waals surface area contributed by atoms with Gasteiger partial charge >= 0.3 is 0 Å². The van der Waals surface area contributed by atoms with Gasteiger partial charge in [-0.05, 0) is 24.1 Å². The molecular weight excluding hydrogens is 292 g/mol. The summed E-state index contributed by atoms with van der Waals surface area (Å²) in [5.74, 6) is -0.382. The van der Waals surface area contributed by atoms with Crippen LogP contribution in [0, 0.1) is 0 Å². The van der Waals surface area contributed by atoms with Crippen LogP contribution >= 0.6 is 0 Å². The maximum atomic E-state index is 12.4. The van der Waals surface area contributed by atoms with Crippen LogP contribution in [0.3, 0.4) is 0 Å². The maximum Gasteiger partial charge on any atom is 0.261 e. The number of carbonyl (C=O) groups excluding carboxylic acids is 2. The number of amides is 2. The summed E-state index contributed by atoms with van der Waals surface area (Å²) >= 11 is 0. The van der Waals surface area contributed by atoms with Crippen molar-refractivity contribution in [2.45, 2.75) is 25.5 Å². The third-order valence-electron chi connectivity index (χ3n) is 3.39. The number of ether oxygens (including phenoxy) is 1. The van der Waals surface area contributed by atoms with E-state index in [1.54, 1.807) is 36.4 Å². The van der Waals surface area contributed by atoms with Gasteiger partial charge in [-0.1, -0.05) is 55.5 Å². The van der Waals surface area contributed by atoms with E-state index in [1.807, 2.05) is 31.2 Å². The first-order valence-electron chi connectivity index (χ1n) is 7.48. The quantitative estimate of drug-likeness (QED) is 0.822. The highest BCUT2D eigenvalue weighted by molar-refractivity contribution is 5.89. The van der Waals surface area contributed by atoms with Gasteiger partial charge in [0.05, 0.1) is 0 Å². The van der Waals surface area contributed by atoms with E-state index in [0.29, 0.717) is 17.7 Å². The molecule has 0 spiro atoms. The van der Waals surface area contributed by atoms with Crippen molar-refractivity contribution >= 4 is 11.8 Å². The van der Waals surface area contributed by atoms with Crippen LogP contribution in [0.1, 0.15) is 24.9 Å². The smallest absolute Gasteiger partial charge is 0.261 e. The summed E-state index contributed by atoms with van der Waals surface area (Å²) in [6, 6.07) is 17.1. The van der Waals surface area contributed by atoms with Crippen LogP contribution in [0.5, 0.6) is 5.75 Å². The molecule has 23 heavy (non-hydrogen) atoms. The van der Waals surface area contributed by atoms with Crippen molar-refractivity contribution in [2.75, 3.05) is 0 Å². The highest BCUT2D eigenvalue weighted by atomic mass is 16.5. The lowest BCUT2D eigenvalue weighted by atomic mass is 10.1. The molecule has 0 saturated heterocycles. The molecule has 2 rings (SSSR count). The Kier molecular flexibility index (Phi) is 5.74. The zero-order valence-corrected chi connectivity index (χ0v) is 12.9. The molecule has 0 aromatic heterocycles. The van der Waals surface area contributed by atoms with Gasteiger partial charge in [-0.25, -0.2) is 0 Å². The van der Waals surface area contributed by atoms with E-state index in [2.05, 4.69) is 5.32 Å². The molecule has 0 radical (unpaired) electrons. The van der Waals surface area contributed by atoms with Crippen molar-refractivity contribution in [2.24, 2.45) is 5.73 Å². The first kappa shape index (κ1) is 16.5. The largest absolute Gasteiger partial charge is 0.481 e. The third-order valence-corrected chi connectivity index (χ3v) is 3.39. The number of carbonyl (C=O) groups is 2. The van der Waals surface area contributed by atoms with Gasteiger partial charge in [0.1, 0.15) is 11.8 Å². The molecule has 5 nitrogen and oxygen atoms in total. The number of benzene rings is 2. The fourth-order valence-electron chi connectivity index (χ4n) is 2.19. The maximum absolute atomic E-state index is 12.4. The standard InChI is InChI=1S/C18H20N2O3/c1-2-15(23-14-11-7-4-8-12-14)18(22)20-16(17(19)21)13-9-5-3-6-10-13/h3-12,15-16H,2H2,1H3,(H2,19,21)(H,20,22). The van der Waals surface area contributed by atoms with E-state index in [0.717, 1.165) is 0 Å². The van der Waals surface area contributed by atoms with Crippen LogP contribution in [-0.4, -0.2) is 17.9 Å². The van der Waals surface area contributed by atoms with Crippen molar-refractivity contribution in [3.63, 3.8) is 0 Å². The molecule has 0 saturated carbocycles. The number of hydrogen-bond donors (Lipinski definition) is 2. The van der Waals surface area contributed by atoms with Crippen molar-refractivity contribution in [1.82, 2.24) is 5.32 Å². The van der Waals surface area contributed by atoms with E-state index in [4.69, 9.17) is 10.5 Å². The first-order chi connectivity index (χ1) is 11.1. The number of hydrogen-bond acceptors (Lipinski definition) is 3. The number of para-hydroxylation sites is 1. The monoisotopic (exact) mass is 312 g/mol. The number of nitrogens with two attached hydrogens (primary N) is 1. The average molecular weight is 312 g/mol. The second kappa shape index (κ2) is 7.98. The van der Waals surface area contributed by atoms with Gasteiger partial charge in [0.15, 0.2) is 6.10 Å². The summed E-state index contributed by atoms with van der Waals surface area (Å²) in [6.07, 6.45) is -0.218. The highest BCUT2D eigenvalue weighted by Gasteiger charge is 2.25. The predicted octanol–water partition coefficient (Wildman–Crippen LogP) is 2.19. The molecule has 0 aliphatic heterocycles. The molecule has 2 unspecified atom stereocenters. The molecule has 0 aliphatic rings. The van der Waals surface area contributed by atoms with Gasteiger partial charge in [0.2, 0.25) is 5.91 Å². The molecule has 0 bridgehead atoms. The van der Waals surface area contributed by atoms with Crippen molar-refractivity contribution in [3.8, 4) is 5.75 Å². The van der Waals surface area contributed by atoms with Crippen LogP contribution in [0.15, 0.2) is 60.7 Å². The summed E-state index contributed by atoms with van der Waals surface area (Å²) in [7, 11) is 0. The van der Waals surface area contributed by atoms with Crippen LogP contribution in [-0.2, 0) is 9.59 Å². The lowest BCUT2D eigenvalue weighted by Crippen LogP contribution is -2.44. The van der Waals surface area contributed by atoms with E-state index >= 15 is 0 Å². The van der Waals surface area contributed by atoms with Gasteiger partial charge in [-0.2, -0.15) is 0 Å². The molecule has 2 amide bonds. The molecule has 2 aromatic rings. The van der Waals surface area contributed by atoms with Crippen molar-refractivity contribution in [3.05, 3.63) is 66.2 Å². The summed E-state index contributed by atoms with van der Waals surface area (Å²) in [5.41, 5.74) is 6.06. The van der Waals surface area contributed by atoms with E-state index in [1.165, 1.54) is 0 Å². The molecule has 2 aromatic carbocycles. The Bertz CT molecular complexity index is 644. The second-order valence-electron chi connectivity index (χ2n) is 5.08. The Morgan fingerprint density at radius 3 is 2.13 bits per heavy atom. The van der Waals surface area contributed by atoms with Gasteiger partial charge < -0.3 is 15.8 Å². The Labute approximate surface area is 135 Å². The molecule has 0 heterocycles. The predicted molar refractivity (Wildman–Crippen MR) is 87.7 cm³/mol. The Morgan fingerprint density at radius 2 is 1.61 bits per heavy atom. The topological polar surface area (TPSA) is 81.4 Å². The van der Waals surface area contributed by atoms with Crippen molar-refractivity contribution in [1.29, 1.82) is 0 Å². The van der Waals surface area contributed by atoms with Gasteiger partial charge in [-0.15, -0.1) is 0 Å². The second-order valence-corrected chi connectivity index (χ2v) is 5.08. The molecule has 3 N–H and O–H groups in total. The van der Waals surface area contributed by atoms with E-state index in [9.17, 15) is 9.59 Å². The minimum atomic E-state index is -0.878. The van der Waals surface area contributed by atoms with Crippen LogP contribution in [0.25, 0.3) is 0 Å². The lowest BCUT2D eigenvalue weighted by molar-refractivity contribution is -0.132. The number of rotatable bonds is 7. The van der Waals surface area contributed by atoms with Gasteiger partial charge in [0, 0.05) is 0 Å². The third kappa shape index (κ3) is 4.57. The van der Waals surface area contributed by atoms with Gasteiger partial charge in [0.25, 0.3) is 5.91 Å². The highest BCUT2D eigenvalue weighted by Crippen LogP contribution is 2.15. The molecule has 5 heteroatoms. The lowest BCUT2D eigenvalue weighted by Gasteiger charge is -2.21. The number of nitrogens with one attached hydrogen (secondary N) is 1. The van der Waals surface area contributed by atoms with Gasteiger partial charge in [-0.3, -0.25) is 9.59 Å². The summed E-state index contributed by atoms with van der Waals surface area (Å²) in [5, 5.41) is 2.67. The van der Waals surface area contributed by atoms with Crippen LogP contribution < -0.4 is 15.8 Å². The van der Waals surface area contributed by atoms with Crippen LogP contribution in [0.2, 0.25) is 0 Å². The zero-order valence-electron chi connectivity index (χ0n) is 12.9. The molecule has 120 valence electrons. The fourth-order valence-corrected chi connectivity index (χ4v) is 2.19. The Balaban J connectivity index is 2.09. The molecule has 0 aliphatic carbocycles. The Hall–Kier alpha value is -2.82. The van der Waals surface area contributed by atoms with E-state index in [-0.39, 0.29) is 5.91 Å². The fraction of sp³-hybridized carbons (Fsp3) is 0.222. The minimum absolute atomic E-state index is 0.371. The SMILES string of the molecule is CCC(Oc1ccccc1)C(=O)NC(C(N)=O)c1ccccc1. The molecular formula is C18H20N2O3. The normalized spacial score (nSPS) is 12.9. The first-order valence-corrected chi connectivity index (χ1v) is 7.48. The minimum Gasteiger partial charge on any atom is -0.481 e. The summed E-state index contributed by atoms with van der Waals surface area (Å²) < 4.78 is 5.68. The Morgan fingerprint density at radius 1 is 1.04 bits per heavy atom. The summed E-state index contributed by atoms with van der Waals surface area (Å²) in [6.45, 7) is 1.84. The zero-order chi connectivity index (χ0) is 16.7. The average Bonchev–Trinajstić information content (AvgIpc) is 2.58. The number of primary amides is 1. The van der Waals surface area contributed by atoms with Crippen molar-refractivity contribution < 1.29 is 14.3 Å². The molecule has 2 atom stereocenters. The van der Waals surface area contributed by atoms with E-state index < -0.39 is 18.1 Å². The molecule has 0 fully saturated rings.